The van der Waals surface area contributed by atoms with Crippen molar-refractivity contribution in [2.45, 2.75) is 31.7 Å². The van der Waals surface area contributed by atoms with Crippen molar-refractivity contribution in [3.63, 3.8) is 0 Å². The van der Waals surface area contributed by atoms with Crippen LogP contribution in [-0.4, -0.2) is 54.0 Å². The monoisotopic (exact) mass is 518 g/mol. The van der Waals surface area contributed by atoms with Gasteiger partial charge in [-0.2, -0.15) is 0 Å². The maximum absolute atomic E-state index is 12.9. The van der Waals surface area contributed by atoms with Crippen LogP contribution in [0.4, 0.5) is 0 Å². The lowest BCUT2D eigenvalue weighted by Gasteiger charge is -2.31. The molecule has 1 saturated heterocycles. The van der Waals surface area contributed by atoms with E-state index in [2.05, 4.69) is 15.3 Å². The Balaban J connectivity index is 1.13. The second-order valence-electron chi connectivity index (χ2n) is 9.13. The summed E-state index contributed by atoms with van der Waals surface area (Å²) in [5.41, 5.74) is 3.42. The third kappa shape index (κ3) is 5.46. The number of nitrogens with one attached hydrogen (secondary N) is 2. The van der Waals surface area contributed by atoms with E-state index < -0.39 is 0 Å². The smallest absolute Gasteiger partial charge is 0.271 e. The molecule has 37 heavy (non-hydrogen) atoms. The Labute approximate surface area is 219 Å². The highest BCUT2D eigenvalue weighted by Gasteiger charge is 2.26. The molecule has 1 aliphatic rings. The van der Waals surface area contributed by atoms with Gasteiger partial charge in [0.2, 0.25) is 5.91 Å². The lowest BCUT2D eigenvalue weighted by Crippen LogP contribution is -2.38. The number of aromatic nitrogens is 2. The van der Waals surface area contributed by atoms with Gasteiger partial charge in [-0.3, -0.25) is 9.59 Å². The maximum Gasteiger partial charge on any atom is 0.271 e. The number of H-pyrrole nitrogens is 1. The van der Waals surface area contributed by atoms with E-state index >= 15 is 0 Å². The number of methoxy groups -OCH3 is 2. The second kappa shape index (κ2) is 11.0. The molecule has 192 valence electrons. The van der Waals surface area contributed by atoms with E-state index in [0.717, 1.165) is 39.9 Å². The van der Waals surface area contributed by atoms with Gasteiger partial charge in [-0.05, 0) is 42.2 Å². The number of likely N-dealkylation sites (tertiary alicyclic amines) is 1. The van der Waals surface area contributed by atoms with Crippen molar-refractivity contribution in [1.82, 2.24) is 20.2 Å². The fourth-order valence-electron chi connectivity index (χ4n) is 4.77. The first kappa shape index (κ1) is 24.8. The molecule has 2 aromatic carbocycles. The lowest BCUT2D eigenvalue weighted by atomic mass is 9.97. The van der Waals surface area contributed by atoms with Gasteiger partial charge >= 0.3 is 0 Å². The summed E-state index contributed by atoms with van der Waals surface area (Å²) in [4.78, 5) is 35.5. The van der Waals surface area contributed by atoms with Crippen molar-refractivity contribution in [2.75, 3.05) is 27.3 Å². The SMILES string of the molecule is COc1ccc(CNC(=O)c2csc(C3CCN(C(=O)Cc4c[nH]c5ccccc45)CC3)n2)cc1OC. The molecule has 2 amide bonds. The maximum atomic E-state index is 12.9. The van der Waals surface area contributed by atoms with Crippen LogP contribution in [0.2, 0.25) is 0 Å². The predicted molar refractivity (Wildman–Crippen MR) is 143 cm³/mol. The summed E-state index contributed by atoms with van der Waals surface area (Å²) in [6.45, 7) is 1.77. The van der Waals surface area contributed by atoms with E-state index in [9.17, 15) is 9.59 Å². The molecular formula is C28H30N4O4S. The summed E-state index contributed by atoms with van der Waals surface area (Å²) in [7, 11) is 3.17. The Kier molecular flexibility index (Phi) is 7.41. The number of amides is 2. The van der Waals surface area contributed by atoms with Gasteiger partial charge in [0.15, 0.2) is 11.5 Å². The van der Waals surface area contributed by atoms with Gasteiger partial charge in [0.1, 0.15) is 5.69 Å². The van der Waals surface area contributed by atoms with E-state index in [-0.39, 0.29) is 17.7 Å². The van der Waals surface area contributed by atoms with Crippen molar-refractivity contribution >= 4 is 34.1 Å². The van der Waals surface area contributed by atoms with E-state index in [1.807, 2.05) is 58.9 Å². The van der Waals surface area contributed by atoms with Gasteiger partial charge in [-0.15, -0.1) is 11.3 Å². The van der Waals surface area contributed by atoms with Crippen LogP contribution >= 0.6 is 11.3 Å². The minimum absolute atomic E-state index is 0.151. The van der Waals surface area contributed by atoms with Crippen LogP contribution in [0.1, 0.15) is 45.4 Å². The normalized spacial score (nSPS) is 14.1. The summed E-state index contributed by atoms with van der Waals surface area (Å²) in [5.74, 6) is 1.47. The Bertz CT molecular complexity index is 1400. The van der Waals surface area contributed by atoms with Gasteiger partial charge in [-0.1, -0.05) is 24.3 Å². The Morgan fingerprint density at radius 2 is 1.89 bits per heavy atom. The quantitative estimate of drug-likeness (QED) is 0.358. The third-order valence-electron chi connectivity index (χ3n) is 6.87. The number of para-hydroxylation sites is 1. The molecule has 5 rings (SSSR count). The number of ether oxygens (including phenoxy) is 2. The molecule has 0 bridgehead atoms. The van der Waals surface area contributed by atoms with Crippen molar-refractivity contribution in [1.29, 1.82) is 0 Å². The largest absolute Gasteiger partial charge is 0.493 e. The third-order valence-corrected chi connectivity index (χ3v) is 7.88. The lowest BCUT2D eigenvalue weighted by molar-refractivity contribution is -0.131. The van der Waals surface area contributed by atoms with Crippen molar-refractivity contribution in [2.24, 2.45) is 0 Å². The summed E-state index contributed by atoms with van der Waals surface area (Å²) in [5, 5.41) is 6.80. The van der Waals surface area contributed by atoms with Crippen LogP contribution in [0.15, 0.2) is 54.0 Å². The summed E-state index contributed by atoms with van der Waals surface area (Å²) in [6, 6.07) is 13.6. The fraction of sp³-hybridized carbons (Fsp3) is 0.321. The molecular weight excluding hydrogens is 488 g/mol. The van der Waals surface area contributed by atoms with Gasteiger partial charge in [0.05, 0.1) is 25.6 Å². The van der Waals surface area contributed by atoms with E-state index in [1.54, 1.807) is 14.2 Å². The fourth-order valence-corrected chi connectivity index (χ4v) is 5.74. The van der Waals surface area contributed by atoms with Gasteiger partial charge in [0, 0.05) is 48.0 Å². The summed E-state index contributed by atoms with van der Waals surface area (Å²) in [6.07, 6.45) is 4.03. The Morgan fingerprint density at radius 1 is 1.11 bits per heavy atom. The number of benzene rings is 2. The zero-order chi connectivity index (χ0) is 25.8. The number of piperidine rings is 1. The minimum atomic E-state index is -0.205. The van der Waals surface area contributed by atoms with Crippen LogP contribution < -0.4 is 14.8 Å². The van der Waals surface area contributed by atoms with Gasteiger partial charge in [0.25, 0.3) is 5.91 Å². The first-order valence-corrected chi connectivity index (χ1v) is 13.2. The molecule has 0 radical (unpaired) electrons. The number of hydrogen-bond acceptors (Lipinski definition) is 6. The molecule has 0 aliphatic carbocycles. The van der Waals surface area contributed by atoms with E-state index in [1.165, 1.54) is 11.3 Å². The topological polar surface area (TPSA) is 96.6 Å². The minimum Gasteiger partial charge on any atom is -0.493 e. The van der Waals surface area contributed by atoms with Crippen LogP contribution in [-0.2, 0) is 17.8 Å². The molecule has 0 spiro atoms. The molecule has 1 aliphatic heterocycles. The Hall–Kier alpha value is -3.85. The molecule has 2 N–H and O–H groups in total. The molecule has 9 heteroatoms. The van der Waals surface area contributed by atoms with E-state index in [0.29, 0.717) is 43.2 Å². The highest BCUT2D eigenvalue weighted by Crippen LogP contribution is 2.31. The zero-order valence-corrected chi connectivity index (χ0v) is 21.8. The average molecular weight is 519 g/mol. The average Bonchev–Trinajstić information content (AvgIpc) is 3.60. The number of fused-ring (bicyclic) bond motifs is 1. The molecule has 2 aromatic heterocycles. The predicted octanol–water partition coefficient (Wildman–Crippen LogP) is 4.52. The van der Waals surface area contributed by atoms with Crippen molar-refractivity contribution in [3.05, 3.63) is 75.9 Å². The number of carbonyl (C=O) groups is 2. The number of nitrogens with zero attached hydrogens (tertiary/aromatic N) is 2. The van der Waals surface area contributed by atoms with Gasteiger partial charge in [-0.25, -0.2) is 4.98 Å². The van der Waals surface area contributed by atoms with Gasteiger partial charge < -0.3 is 24.7 Å². The van der Waals surface area contributed by atoms with Crippen LogP contribution in [0.5, 0.6) is 11.5 Å². The van der Waals surface area contributed by atoms with Crippen LogP contribution in [0.25, 0.3) is 10.9 Å². The Morgan fingerprint density at radius 3 is 2.68 bits per heavy atom. The highest BCUT2D eigenvalue weighted by atomic mass is 32.1. The van der Waals surface area contributed by atoms with Crippen LogP contribution in [0, 0.1) is 0 Å². The molecule has 4 aromatic rings. The number of thiazole rings is 1. The highest BCUT2D eigenvalue weighted by molar-refractivity contribution is 7.09. The number of carbonyl (C=O) groups excluding carboxylic acids is 2. The molecule has 3 heterocycles. The second-order valence-corrected chi connectivity index (χ2v) is 10.0. The molecule has 0 unspecified atom stereocenters. The van der Waals surface area contributed by atoms with E-state index in [4.69, 9.17) is 9.47 Å². The summed E-state index contributed by atoms with van der Waals surface area (Å²) < 4.78 is 10.6. The summed E-state index contributed by atoms with van der Waals surface area (Å²) >= 11 is 1.52. The molecule has 1 fully saturated rings. The standard InChI is InChI=1S/C28H30N4O4S/c1-35-24-8-7-18(13-25(24)36-2)15-30-27(34)23-17-37-28(31-23)19-9-11-32(12-10-19)26(33)14-20-16-29-22-6-4-3-5-21(20)22/h3-8,13,16-17,19,29H,9-12,14-15H2,1-2H3,(H,30,34). The number of rotatable bonds is 8. The van der Waals surface area contributed by atoms with Crippen LogP contribution in [0.3, 0.4) is 0 Å². The molecule has 0 saturated carbocycles. The first-order chi connectivity index (χ1) is 18.1. The first-order valence-electron chi connectivity index (χ1n) is 12.3. The molecule has 8 nitrogen and oxygen atoms in total. The molecule has 0 atom stereocenters. The zero-order valence-electron chi connectivity index (χ0n) is 21.0. The van der Waals surface area contributed by atoms with Crippen molar-refractivity contribution < 1.29 is 19.1 Å². The van der Waals surface area contributed by atoms with Crippen molar-refractivity contribution in [3.8, 4) is 11.5 Å². The number of hydrogen-bond donors (Lipinski definition) is 2. The number of aromatic amines is 1.